The molecule has 0 radical (unpaired) electrons. The van der Waals surface area contributed by atoms with Crippen molar-refractivity contribution in [1.82, 2.24) is 15.5 Å². The second-order valence-electron chi connectivity index (χ2n) is 6.81. The van der Waals surface area contributed by atoms with Gasteiger partial charge < -0.3 is 15.5 Å². The first-order chi connectivity index (χ1) is 12.2. The smallest absolute Gasteiger partial charge is 0.222 e. The Balaban J connectivity index is 0.00000243. The summed E-state index contributed by atoms with van der Waals surface area (Å²) in [5, 5.41) is 6.49. The molecule has 0 saturated carbocycles. The summed E-state index contributed by atoms with van der Waals surface area (Å²) >= 11 is 1.90. The Bertz CT molecular complexity index is 581. The number of nitrogens with one attached hydrogen (secondary N) is 2. The van der Waals surface area contributed by atoms with Gasteiger partial charge in [0.2, 0.25) is 11.8 Å². The standard InChI is InChI=1S/C19H27N3O2S.ClH/c23-18(12-17-14-25-11-9-20-17)21-16-8-10-22(13-16)19(24)7-6-15-4-2-1-3-5-15;/h1-5,16-17,20H,6-14H2,(H,21,23);1H. The van der Waals surface area contributed by atoms with Crippen LogP contribution in [0.2, 0.25) is 0 Å². The lowest BCUT2D eigenvalue weighted by Crippen LogP contribution is -2.44. The number of hydrogen-bond acceptors (Lipinski definition) is 4. The molecule has 2 amide bonds. The fraction of sp³-hybridized carbons (Fsp3) is 0.579. The third-order valence-electron chi connectivity index (χ3n) is 4.81. The van der Waals surface area contributed by atoms with Gasteiger partial charge >= 0.3 is 0 Å². The summed E-state index contributed by atoms with van der Waals surface area (Å²) in [5.74, 6) is 2.41. The lowest BCUT2D eigenvalue weighted by atomic mass is 10.1. The van der Waals surface area contributed by atoms with Gasteiger partial charge in [-0.05, 0) is 18.4 Å². The van der Waals surface area contributed by atoms with Gasteiger partial charge in [-0.2, -0.15) is 11.8 Å². The maximum atomic E-state index is 12.4. The molecule has 2 atom stereocenters. The Morgan fingerprint density at radius 2 is 2.08 bits per heavy atom. The number of thioether (sulfide) groups is 1. The molecule has 0 bridgehead atoms. The second kappa shape index (κ2) is 10.8. The Kier molecular flexibility index (Phi) is 8.75. The molecule has 2 N–H and O–H groups in total. The summed E-state index contributed by atoms with van der Waals surface area (Å²) in [7, 11) is 0. The molecule has 3 rings (SSSR count). The number of halogens is 1. The van der Waals surface area contributed by atoms with E-state index >= 15 is 0 Å². The van der Waals surface area contributed by atoms with Gasteiger partial charge in [-0.3, -0.25) is 9.59 Å². The minimum Gasteiger partial charge on any atom is -0.351 e. The van der Waals surface area contributed by atoms with Crippen molar-refractivity contribution < 1.29 is 9.59 Å². The molecular formula is C19H28ClN3O2S. The average molecular weight is 398 g/mol. The number of hydrogen-bond donors (Lipinski definition) is 2. The van der Waals surface area contributed by atoms with Crippen LogP contribution in [0.5, 0.6) is 0 Å². The van der Waals surface area contributed by atoms with Crippen LogP contribution in [0.1, 0.15) is 24.8 Å². The van der Waals surface area contributed by atoms with Crippen LogP contribution in [0.25, 0.3) is 0 Å². The van der Waals surface area contributed by atoms with Crippen molar-refractivity contribution in [1.29, 1.82) is 0 Å². The second-order valence-corrected chi connectivity index (χ2v) is 7.96. The van der Waals surface area contributed by atoms with E-state index in [1.54, 1.807) is 0 Å². The van der Waals surface area contributed by atoms with E-state index in [-0.39, 0.29) is 36.3 Å². The summed E-state index contributed by atoms with van der Waals surface area (Å²) in [6.07, 6.45) is 2.70. The molecule has 2 heterocycles. The van der Waals surface area contributed by atoms with E-state index in [1.807, 2.05) is 34.9 Å². The molecule has 2 unspecified atom stereocenters. The number of nitrogens with zero attached hydrogens (tertiary/aromatic N) is 1. The highest BCUT2D eigenvalue weighted by Gasteiger charge is 2.27. The molecule has 144 valence electrons. The van der Waals surface area contributed by atoms with Crippen LogP contribution < -0.4 is 10.6 Å². The van der Waals surface area contributed by atoms with Gasteiger partial charge in [0.15, 0.2) is 0 Å². The zero-order valence-corrected chi connectivity index (χ0v) is 16.6. The highest BCUT2D eigenvalue weighted by Crippen LogP contribution is 2.14. The van der Waals surface area contributed by atoms with Gasteiger partial charge in [-0.15, -0.1) is 12.4 Å². The van der Waals surface area contributed by atoms with Crippen molar-refractivity contribution in [2.24, 2.45) is 0 Å². The zero-order valence-electron chi connectivity index (χ0n) is 15.0. The van der Waals surface area contributed by atoms with Crippen LogP contribution in [0.3, 0.4) is 0 Å². The number of carbonyl (C=O) groups is 2. The van der Waals surface area contributed by atoms with Crippen molar-refractivity contribution in [3.8, 4) is 0 Å². The quantitative estimate of drug-likeness (QED) is 0.769. The van der Waals surface area contributed by atoms with E-state index in [0.29, 0.717) is 19.4 Å². The fourth-order valence-electron chi connectivity index (χ4n) is 3.42. The summed E-state index contributed by atoms with van der Waals surface area (Å²) < 4.78 is 0. The van der Waals surface area contributed by atoms with Crippen LogP contribution in [0.15, 0.2) is 30.3 Å². The maximum absolute atomic E-state index is 12.4. The van der Waals surface area contributed by atoms with Crippen molar-refractivity contribution in [3.63, 3.8) is 0 Å². The zero-order chi connectivity index (χ0) is 17.5. The Hall–Kier alpha value is -1.24. The minimum absolute atomic E-state index is 0. The summed E-state index contributed by atoms with van der Waals surface area (Å²) in [6, 6.07) is 10.5. The minimum atomic E-state index is 0. The van der Waals surface area contributed by atoms with Gasteiger partial charge in [-0.1, -0.05) is 30.3 Å². The predicted octanol–water partition coefficient (Wildman–Crippen LogP) is 1.85. The third kappa shape index (κ3) is 6.49. The monoisotopic (exact) mass is 397 g/mol. The molecular weight excluding hydrogens is 370 g/mol. The summed E-state index contributed by atoms with van der Waals surface area (Å²) in [5.41, 5.74) is 1.19. The van der Waals surface area contributed by atoms with E-state index < -0.39 is 0 Å². The van der Waals surface area contributed by atoms with E-state index in [0.717, 1.165) is 37.4 Å². The van der Waals surface area contributed by atoms with Gasteiger partial charge in [0.25, 0.3) is 0 Å². The molecule has 5 nitrogen and oxygen atoms in total. The molecule has 1 aromatic rings. The van der Waals surface area contributed by atoms with Crippen molar-refractivity contribution in [2.45, 2.75) is 37.8 Å². The summed E-state index contributed by atoms with van der Waals surface area (Å²) in [6.45, 7) is 2.37. The van der Waals surface area contributed by atoms with Crippen molar-refractivity contribution >= 4 is 36.0 Å². The van der Waals surface area contributed by atoms with Gasteiger partial charge in [-0.25, -0.2) is 0 Å². The lowest BCUT2D eigenvalue weighted by molar-refractivity contribution is -0.130. The SMILES string of the molecule is Cl.O=C(CC1CSCCN1)NC1CCN(C(=O)CCc2ccccc2)C1. The molecule has 26 heavy (non-hydrogen) atoms. The molecule has 0 spiro atoms. The number of rotatable bonds is 6. The van der Waals surface area contributed by atoms with Crippen LogP contribution in [-0.4, -0.2) is 59.9 Å². The van der Waals surface area contributed by atoms with Gasteiger partial charge in [0, 0.05) is 56.1 Å². The van der Waals surface area contributed by atoms with Crippen LogP contribution in [0, 0.1) is 0 Å². The normalized spacial score (nSPS) is 22.5. The lowest BCUT2D eigenvalue weighted by Gasteiger charge is -2.23. The molecule has 2 aliphatic heterocycles. The molecule has 0 aliphatic carbocycles. The number of benzene rings is 1. The van der Waals surface area contributed by atoms with E-state index in [9.17, 15) is 9.59 Å². The first kappa shape index (κ1) is 21.1. The largest absolute Gasteiger partial charge is 0.351 e. The van der Waals surface area contributed by atoms with E-state index in [1.165, 1.54) is 5.56 Å². The Labute approximate surface area is 166 Å². The maximum Gasteiger partial charge on any atom is 0.222 e. The van der Waals surface area contributed by atoms with Crippen LogP contribution >= 0.6 is 24.2 Å². The Morgan fingerprint density at radius 1 is 1.27 bits per heavy atom. The van der Waals surface area contributed by atoms with Gasteiger partial charge in [0.05, 0.1) is 0 Å². The molecule has 0 aromatic heterocycles. The third-order valence-corrected chi connectivity index (χ3v) is 5.94. The first-order valence-corrected chi connectivity index (χ1v) is 10.3. The van der Waals surface area contributed by atoms with Crippen molar-refractivity contribution in [3.05, 3.63) is 35.9 Å². The molecule has 2 aliphatic rings. The first-order valence-electron chi connectivity index (χ1n) is 9.13. The predicted molar refractivity (Wildman–Crippen MR) is 109 cm³/mol. The highest BCUT2D eigenvalue weighted by atomic mass is 35.5. The summed E-state index contributed by atoms with van der Waals surface area (Å²) in [4.78, 5) is 26.4. The number of amides is 2. The molecule has 2 fully saturated rings. The van der Waals surface area contributed by atoms with Crippen molar-refractivity contribution in [2.75, 3.05) is 31.1 Å². The number of aryl methyl sites for hydroxylation is 1. The number of likely N-dealkylation sites (tertiary alicyclic amines) is 1. The van der Waals surface area contributed by atoms with Gasteiger partial charge in [0.1, 0.15) is 0 Å². The molecule has 7 heteroatoms. The topological polar surface area (TPSA) is 61.4 Å². The molecule has 2 saturated heterocycles. The average Bonchev–Trinajstić information content (AvgIpc) is 3.10. The van der Waals surface area contributed by atoms with E-state index in [2.05, 4.69) is 22.8 Å². The number of carbonyl (C=O) groups excluding carboxylic acids is 2. The van der Waals surface area contributed by atoms with Crippen LogP contribution in [-0.2, 0) is 16.0 Å². The van der Waals surface area contributed by atoms with Crippen LogP contribution in [0.4, 0.5) is 0 Å². The molecule has 1 aromatic carbocycles. The fourth-order valence-corrected chi connectivity index (χ4v) is 4.37. The highest BCUT2D eigenvalue weighted by molar-refractivity contribution is 7.99. The van der Waals surface area contributed by atoms with E-state index in [4.69, 9.17) is 0 Å². The Morgan fingerprint density at radius 3 is 2.81 bits per heavy atom.